The van der Waals surface area contributed by atoms with E-state index in [4.69, 9.17) is 4.42 Å². The third-order valence-corrected chi connectivity index (χ3v) is 5.67. The summed E-state index contributed by atoms with van der Waals surface area (Å²) in [5.74, 6) is 1.26. The summed E-state index contributed by atoms with van der Waals surface area (Å²) in [5.41, 5.74) is 0.825. The Bertz CT molecular complexity index is 877. The smallest absolute Gasteiger partial charge is 0.237 e. The monoisotopic (exact) mass is 388 g/mol. The molecule has 3 aromatic rings. The highest BCUT2D eigenvalue weighted by Gasteiger charge is 2.21. The van der Waals surface area contributed by atoms with Crippen molar-refractivity contribution in [2.24, 2.45) is 0 Å². The molecule has 2 heterocycles. The van der Waals surface area contributed by atoms with Gasteiger partial charge in [-0.2, -0.15) is 0 Å². The number of rotatable bonds is 7. The van der Waals surface area contributed by atoms with Crippen LogP contribution in [0.4, 0.5) is 5.69 Å². The van der Waals surface area contributed by atoms with E-state index >= 15 is 0 Å². The SMILES string of the molecule is CCn1c(SC(C)C(=O)Nc2ccccc2SC)nnc1-c1ccco1. The maximum absolute atomic E-state index is 12.6. The predicted molar refractivity (Wildman–Crippen MR) is 106 cm³/mol. The van der Waals surface area contributed by atoms with Crippen LogP contribution in [-0.2, 0) is 11.3 Å². The topological polar surface area (TPSA) is 73.0 Å². The van der Waals surface area contributed by atoms with Crippen molar-refractivity contribution in [1.82, 2.24) is 14.8 Å². The molecule has 0 aliphatic rings. The second-order valence-electron chi connectivity index (χ2n) is 5.48. The Hall–Kier alpha value is -2.19. The number of furan rings is 1. The molecule has 6 nitrogen and oxygen atoms in total. The summed E-state index contributed by atoms with van der Waals surface area (Å²) >= 11 is 2.99. The summed E-state index contributed by atoms with van der Waals surface area (Å²) in [6, 6.07) is 11.4. The number of amides is 1. The van der Waals surface area contributed by atoms with Crippen molar-refractivity contribution in [3.8, 4) is 11.6 Å². The molecule has 0 bridgehead atoms. The van der Waals surface area contributed by atoms with Crippen molar-refractivity contribution in [2.45, 2.75) is 35.7 Å². The normalized spacial score (nSPS) is 12.1. The molecule has 1 aromatic carbocycles. The van der Waals surface area contributed by atoms with E-state index in [2.05, 4.69) is 15.5 Å². The molecule has 26 heavy (non-hydrogen) atoms. The molecule has 3 rings (SSSR count). The third kappa shape index (κ3) is 3.96. The van der Waals surface area contributed by atoms with Gasteiger partial charge in [0.2, 0.25) is 5.91 Å². The molecule has 0 radical (unpaired) electrons. The zero-order chi connectivity index (χ0) is 18.5. The van der Waals surface area contributed by atoms with E-state index in [0.29, 0.717) is 23.3 Å². The molecule has 0 spiro atoms. The molecule has 0 fully saturated rings. The minimum atomic E-state index is -0.316. The fourth-order valence-electron chi connectivity index (χ4n) is 2.44. The number of carbonyl (C=O) groups is 1. The highest BCUT2D eigenvalue weighted by atomic mass is 32.2. The van der Waals surface area contributed by atoms with Crippen LogP contribution in [0, 0.1) is 0 Å². The van der Waals surface area contributed by atoms with E-state index < -0.39 is 0 Å². The number of nitrogens with zero attached hydrogens (tertiary/aromatic N) is 3. The average Bonchev–Trinajstić information content (AvgIpc) is 3.31. The number of thioether (sulfide) groups is 2. The quantitative estimate of drug-likeness (QED) is 0.605. The molecule has 1 atom stereocenters. The van der Waals surface area contributed by atoms with E-state index in [1.807, 2.05) is 61.1 Å². The number of nitrogens with one attached hydrogen (secondary N) is 1. The summed E-state index contributed by atoms with van der Waals surface area (Å²) in [5, 5.41) is 11.8. The van der Waals surface area contributed by atoms with Gasteiger partial charge >= 0.3 is 0 Å². The van der Waals surface area contributed by atoms with Gasteiger partial charge in [-0.25, -0.2) is 0 Å². The van der Waals surface area contributed by atoms with Crippen molar-refractivity contribution in [2.75, 3.05) is 11.6 Å². The van der Waals surface area contributed by atoms with Crippen molar-refractivity contribution < 1.29 is 9.21 Å². The number of anilines is 1. The van der Waals surface area contributed by atoms with Crippen LogP contribution in [0.25, 0.3) is 11.6 Å². The summed E-state index contributed by atoms with van der Waals surface area (Å²) in [6.45, 7) is 4.57. The molecule has 0 saturated heterocycles. The summed E-state index contributed by atoms with van der Waals surface area (Å²) in [7, 11) is 0. The Balaban J connectivity index is 1.73. The lowest BCUT2D eigenvalue weighted by atomic mass is 10.3. The van der Waals surface area contributed by atoms with Gasteiger partial charge in [0.25, 0.3) is 0 Å². The first kappa shape index (κ1) is 18.6. The lowest BCUT2D eigenvalue weighted by molar-refractivity contribution is -0.115. The first-order valence-corrected chi connectivity index (χ1v) is 10.3. The van der Waals surface area contributed by atoms with Crippen LogP contribution in [0.3, 0.4) is 0 Å². The number of aromatic nitrogens is 3. The minimum Gasteiger partial charge on any atom is -0.461 e. The summed E-state index contributed by atoms with van der Waals surface area (Å²) in [6.07, 6.45) is 3.60. The van der Waals surface area contributed by atoms with Crippen LogP contribution in [0.2, 0.25) is 0 Å². The number of hydrogen-bond acceptors (Lipinski definition) is 6. The molecular weight excluding hydrogens is 368 g/mol. The lowest BCUT2D eigenvalue weighted by Gasteiger charge is -2.14. The van der Waals surface area contributed by atoms with Gasteiger partial charge in [0.05, 0.1) is 17.2 Å². The molecule has 1 unspecified atom stereocenters. The van der Waals surface area contributed by atoms with Crippen molar-refractivity contribution in [3.05, 3.63) is 42.7 Å². The van der Waals surface area contributed by atoms with E-state index in [1.165, 1.54) is 11.8 Å². The summed E-state index contributed by atoms with van der Waals surface area (Å²) in [4.78, 5) is 13.6. The van der Waals surface area contributed by atoms with Gasteiger partial charge in [-0.1, -0.05) is 23.9 Å². The molecule has 1 N–H and O–H groups in total. The Kier molecular flexibility index (Phi) is 6.05. The Labute approximate surface area is 160 Å². The first-order valence-electron chi connectivity index (χ1n) is 8.21. The van der Waals surface area contributed by atoms with Crippen molar-refractivity contribution in [1.29, 1.82) is 0 Å². The molecule has 1 amide bonds. The minimum absolute atomic E-state index is 0.0679. The second-order valence-corrected chi connectivity index (χ2v) is 7.63. The number of para-hydroxylation sites is 1. The second kappa shape index (κ2) is 8.46. The maximum Gasteiger partial charge on any atom is 0.237 e. The van der Waals surface area contributed by atoms with Crippen LogP contribution < -0.4 is 5.32 Å². The fraction of sp³-hybridized carbons (Fsp3) is 0.278. The Morgan fingerprint density at radius 1 is 1.27 bits per heavy atom. The average molecular weight is 389 g/mol. The number of benzene rings is 1. The molecule has 8 heteroatoms. The fourth-order valence-corrected chi connectivity index (χ4v) is 3.91. The number of hydrogen-bond donors (Lipinski definition) is 1. The molecule has 0 aliphatic heterocycles. The Morgan fingerprint density at radius 2 is 2.08 bits per heavy atom. The molecule has 0 saturated carbocycles. The standard InChI is InChI=1S/C18H20N4O2S2/c1-4-22-16(14-9-7-11-24-14)20-21-18(22)26-12(2)17(23)19-13-8-5-6-10-15(13)25-3/h5-12H,4H2,1-3H3,(H,19,23). The van der Waals surface area contributed by atoms with Crippen LogP contribution >= 0.6 is 23.5 Å². The zero-order valence-electron chi connectivity index (χ0n) is 14.8. The van der Waals surface area contributed by atoms with Gasteiger partial charge in [0.1, 0.15) is 0 Å². The zero-order valence-corrected chi connectivity index (χ0v) is 16.4. The van der Waals surface area contributed by atoms with Crippen molar-refractivity contribution >= 4 is 35.1 Å². The Morgan fingerprint density at radius 3 is 2.77 bits per heavy atom. The molecule has 0 aliphatic carbocycles. The van der Waals surface area contributed by atoms with Gasteiger partial charge in [-0.05, 0) is 44.4 Å². The van der Waals surface area contributed by atoms with Gasteiger partial charge in [0, 0.05) is 11.4 Å². The first-order chi connectivity index (χ1) is 12.6. The van der Waals surface area contributed by atoms with Gasteiger partial charge in [-0.15, -0.1) is 22.0 Å². The summed E-state index contributed by atoms with van der Waals surface area (Å²) < 4.78 is 7.37. The van der Waals surface area contributed by atoms with Gasteiger partial charge < -0.3 is 9.73 Å². The third-order valence-electron chi connectivity index (χ3n) is 3.79. The highest BCUT2D eigenvalue weighted by molar-refractivity contribution is 8.00. The maximum atomic E-state index is 12.6. The van der Waals surface area contributed by atoms with Crippen LogP contribution in [0.15, 0.2) is 57.1 Å². The van der Waals surface area contributed by atoms with E-state index in [9.17, 15) is 4.79 Å². The lowest BCUT2D eigenvalue weighted by Crippen LogP contribution is -2.23. The van der Waals surface area contributed by atoms with E-state index in [1.54, 1.807) is 18.0 Å². The molecule has 2 aromatic heterocycles. The van der Waals surface area contributed by atoms with E-state index in [0.717, 1.165) is 10.6 Å². The van der Waals surface area contributed by atoms with Crippen LogP contribution in [0.1, 0.15) is 13.8 Å². The highest BCUT2D eigenvalue weighted by Crippen LogP contribution is 2.29. The molecular formula is C18H20N4O2S2. The predicted octanol–water partition coefficient (Wildman–Crippen LogP) is 4.40. The van der Waals surface area contributed by atoms with Crippen LogP contribution in [-0.4, -0.2) is 32.2 Å². The molecule has 136 valence electrons. The van der Waals surface area contributed by atoms with Gasteiger partial charge in [0.15, 0.2) is 16.7 Å². The largest absolute Gasteiger partial charge is 0.461 e. The van der Waals surface area contributed by atoms with E-state index in [-0.39, 0.29) is 11.2 Å². The van der Waals surface area contributed by atoms with Crippen LogP contribution in [0.5, 0.6) is 0 Å². The van der Waals surface area contributed by atoms with Gasteiger partial charge in [-0.3, -0.25) is 9.36 Å². The number of carbonyl (C=O) groups excluding carboxylic acids is 1. The van der Waals surface area contributed by atoms with Crippen molar-refractivity contribution in [3.63, 3.8) is 0 Å².